The Bertz CT molecular complexity index is 1450. The lowest BCUT2D eigenvalue weighted by Crippen LogP contribution is -2.54. The molecule has 7 nitrogen and oxygen atoms in total. The number of rotatable bonds is 8. The van der Waals surface area contributed by atoms with E-state index in [0.717, 1.165) is 24.0 Å². The Hall–Kier alpha value is -3.20. The molecule has 2 bridgehead atoms. The van der Waals surface area contributed by atoms with Crippen LogP contribution in [0.15, 0.2) is 70.2 Å². The molecule has 6 rings (SSSR count). The molecule has 4 atom stereocenters. The zero-order valence-corrected chi connectivity index (χ0v) is 26.9. The Morgan fingerprint density at radius 1 is 1.16 bits per heavy atom. The molecule has 4 unspecified atom stereocenters. The monoisotopic (exact) mass is 619 g/mol. The SMILES string of the molecule is CCOC(=O)N(CCc1cccs1)CC1(O)CCC2c3ccc(cc3C(=O)c3ccco3)CC(O)CCC(C)=CCCC21C. The van der Waals surface area contributed by atoms with Gasteiger partial charge in [0.05, 0.1) is 31.1 Å². The Morgan fingerprint density at radius 3 is 2.73 bits per heavy atom. The highest BCUT2D eigenvalue weighted by atomic mass is 32.1. The second-order valence-electron chi connectivity index (χ2n) is 12.7. The number of thiophene rings is 1. The number of aliphatic hydroxyl groups excluding tert-OH is 1. The van der Waals surface area contributed by atoms with E-state index >= 15 is 0 Å². The molecule has 2 heterocycles. The summed E-state index contributed by atoms with van der Waals surface area (Å²) in [4.78, 5) is 29.9. The van der Waals surface area contributed by atoms with Gasteiger partial charge in [0, 0.05) is 22.4 Å². The summed E-state index contributed by atoms with van der Waals surface area (Å²) in [6.45, 7) is 6.88. The Kier molecular flexibility index (Phi) is 10.1. The van der Waals surface area contributed by atoms with Gasteiger partial charge in [-0.3, -0.25) is 4.79 Å². The van der Waals surface area contributed by atoms with Crippen molar-refractivity contribution in [1.29, 1.82) is 0 Å². The summed E-state index contributed by atoms with van der Waals surface area (Å²) in [5.41, 5.74) is 1.68. The van der Waals surface area contributed by atoms with Crippen LogP contribution >= 0.6 is 11.3 Å². The van der Waals surface area contributed by atoms with E-state index in [0.29, 0.717) is 50.6 Å². The number of furan rings is 1. The summed E-state index contributed by atoms with van der Waals surface area (Å²) in [5, 5.41) is 25.5. The van der Waals surface area contributed by atoms with E-state index in [9.17, 15) is 19.8 Å². The van der Waals surface area contributed by atoms with Crippen molar-refractivity contribution in [3.05, 3.63) is 93.1 Å². The molecule has 0 radical (unpaired) electrons. The highest BCUT2D eigenvalue weighted by Gasteiger charge is 2.57. The summed E-state index contributed by atoms with van der Waals surface area (Å²) in [5.74, 6) is -0.0786. The van der Waals surface area contributed by atoms with Crippen LogP contribution in [0.3, 0.4) is 0 Å². The van der Waals surface area contributed by atoms with Crippen LogP contribution in [0.5, 0.6) is 0 Å². The molecule has 8 heteroatoms. The smallest absolute Gasteiger partial charge is 0.409 e. The van der Waals surface area contributed by atoms with Crippen molar-refractivity contribution >= 4 is 23.2 Å². The third kappa shape index (κ3) is 6.87. The van der Waals surface area contributed by atoms with E-state index < -0.39 is 23.2 Å². The maximum Gasteiger partial charge on any atom is 0.409 e. The third-order valence-corrected chi connectivity index (χ3v) is 10.8. The van der Waals surface area contributed by atoms with Crippen LogP contribution in [0.4, 0.5) is 4.79 Å². The molecule has 2 N–H and O–H groups in total. The van der Waals surface area contributed by atoms with Gasteiger partial charge in [-0.05, 0) is 112 Å². The summed E-state index contributed by atoms with van der Waals surface area (Å²) < 4.78 is 11.0. The molecule has 1 saturated carbocycles. The van der Waals surface area contributed by atoms with E-state index in [2.05, 4.69) is 26.0 Å². The van der Waals surface area contributed by atoms with Crippen LogP contribution < -0.4 is 0 Å². The van der Waals surface area contributed by atoms with Crippen LogP contribution in [0.1, 0.15) is 97.3 Å². The number of benzene rings is 1. The fourth-order valence-electron chi connectivity index (χ4n) is 7.20. The number of ketones is 1. The molecule has 44 heavy (non-hydrogen) atoms. The lowest BCUT2D eigenvalue weighted by Gasteiger charge is -2.46. The predicted molar refractivity (Wildman–Crippen MR) is 172 cm³/mol. The molecule has 3 aliphatic carbocycles. The third-order valence-electron chi connectivity index (χ3n) is 9.85. The fourth-order valence-corrected chi connectivity index (χ4v) is 7.90. The largest absolute Gasteiger partial charge is 0.461 e. The number of hydrogen-bond donors (Lipinski definition) is 2. The molecular formula is C36H45NO6S. The summed E-state index contributed by atoms with van der Waals surface area (Å²) in [7, 11) is 0. The molecule has 236 valence electrons. The van der Waals surface area contributed by atoms with Crippen molar-refractivity contribution in [3.63, 3.8) is 0 Å². The molecule has 0 aliphatic heterocycles. The standard InChI is InChI=1S/C36H45NO6S/c1-4-42-34(40)37(19-16-28-9-7-21-44-28)24-36(41)18-15-31-29-14-12-26(23-30(29)33(39)32-10-6-20-43-32)22-27(38)13-11-25(2)8-5-17-35(31,36)3/h6-10,12,14,20-21,23,27,31,38,41H,4-5,11,13,15-19,22,24H2,1-3H3. The molecule has 1 aromatic carbocycles. The molecule has 1 fully saturated rings. The Balaban J connectivity index is 1.55. The van der Waals surface area contributed by atoms with Crippen LogP contribution in [0.2, 0.25) is 0 Å². The zero-order chi connectivity index (χ0) is 31.3. The van der Waals surface area contributed by atoms with Crippen molar-refractivity contribution in [1.82, 2.24) is 4.90 Å². The number of ether oxygens (including phenoxy) is 1. The average Bonchev–Trinajstić information content (AvgIpc) is 3.77. The number of nitrogens with zero attached hydrogens (tertiary/aromatic N) is 1. The van der Waals surface area contributed by atoms with E-state index in [4.69, 9.17) is 9.15 Å². The minimum atomic E-state index is -1.21. The van der Waals surface area contributed by atoms with Crippen LogP contribution in [-0.2, 0) is 17.6 Å². The molecule has 2 aromatic heterocycles. The number of allylic oxidation sites excluding steroid dienone is 2. The topological polar surface area (TPSA) is 100 Å². The second kappa shape index (κ2) is 13.8. The first-order valence-electron chi connectivity index (χ1n) is 15.8. The summed E-state index contributed by atoms with van der Waals surface area (Å²) in [6.07, 6.45) is 7.91. The highest BCUT2D eigenvalue weighted by molar-refractivity contribution is 7.09. The first-order chi connectivity index (χ1) is 21.1. The predicted octanol–water partition coefficient (Wildman–Crippen LogP) is 7.31. The van der Waals surface area contributed by atoms with Crippen molar-refractivity contribution in [2.45, 2.75) is 89.8 Å². The average molecular weight is 620 g/mol. The first-order valence-corrected chi connectivity index (χ1v) is 16.7. The molecule has 3 aliphatic rings. The van der Waals surface area contributed by atoms with Gasteiger partial charge in [0.25, 0.3) is 0 Å². The van der Waals surface area contributed by atoms with Gasteiger partial charge in [0.1, 0.15) is 0 Å². The zero-order valence-electron chi connectivity index (χ0n) is 26.1. The maximum absolute atomic E-state index is 13.9. The van der Waals surface area contributed by atoms with Crippen LogP contribution in [0, 0.1) is 5.41 Å². The van der Waals surface area contributed by atoms with Gasteiger partial charge in [-0.25, -0.2) is 4.79 Å². The summed E-state index contributed by atoms with van der Waals surface area (Å²) in [6, 6.07) is 13.4. The quantitative estimate of drug-likeness (QED) is 0.203. The fraction of sp³-hybridized carbons (Fsp3) is 0.500. The van der Waals surface area contributed by atoms with Crippen LogP contribution in [-0.4, -0.2) is 58.4 Å². The number of amides is 1. The molecule has 0 saturated heterocycles. The van der Waals surface area contributed by atoms with Gasteiger partial charge in [-0.1, -0.05) is 36.8 Å². The number of carbonyl (C=O) groups is 2. The Labute approximate surface area is 264 Å². The molecule has 3 aromatic rings. The van der Waals surface area contributed by atoms with E-state index in [1.54, 1.807) is 35.3 Å². The van der Waals surface area contributed by atoms with Gasteiger partial charge in [-0.2, -0.15) is 0 Å². The highest BCUT2D eigenvalue weighted by Crippen LogP contribution is 2.59. The number of carbonyl (C=O) groups excluding carboxylic acids is 2. The molecule has 0 spiro atoms. The maximum atomic E-state index is 13.9. The normalized spacial score (nSPS) is 25.6. The second-order valence-corrected chi connectivity index (χ2v) is 13.7. The minimum absolute atomic E-state index is 0.140. The van der Waals surface area contributed by atoms with Crippen molar-refractivity contribution in [3.8, 4) is 0 Å². The van der Waals surface area contributed by atoms with Crippen molar-refractivity contribution in [2.75, 3.05) is 19.7 Å². The van der Waals surface area contributed by atoms with Crippen molar-refractivity contribution < 1.29 is 29.0 Å². The van der Waals surface area contributed by atoms with Gasteiger partial charge in [0.15, 0.2) is 5.76 Å². The number of fused-ring (bicyclic) bond motifs is 8. The van der Waals surface area contributed by atoms with Gasteiger partial charge >= 0.3 is 6.09 Å². The van der Waals surface area contributed by atoms with E-state index in [1.165, 1.54) is 16.7 Å². The molecular weight excluding hydrogens is 574 g/mol. The van der Waals surface area contributed by atoms with Crippen molar-refractivity contribution in [2.24, 2.45) is 5.41 Å². The summed E-state index contributed by atoms with van der Waals surface area (Å²) >= 11 is 1.65. The van der Waals surface area contributed by atoms with Crippen LogP contribution in [0.25, 0.3) is 0 Å². The van der Waals surface area contributed by atoms with Gasteiger partial charge in [-0.15, -0.1) is 11.3 Å². The molecule has 1 amide bonds. The number of hydrogen-bond acceptors (Lipinski definition) is 7. The Morgan fingerprint density at radius 2 is 2.00 bits per heavy atom. The van der Waals surface area contributed by atoms with E-state index in [1.807, 2.05) is 29.6 Å². The first kappa shape index (κ1) is 32.2. The lowest BCUT2D eigenvalue weighted by atomic mass is 9.64. The van der Waals surface area contributed by atoms with Gasteiger partial charge in [0.2, 0.25) is 5.78 Å². The number of aliphatic hydroxyl groups is 2. The lowest BCUT2D eigenvalue weighted by molar-refractivity contribution is -0.0807. The minimum Gasteiger partial charge on any atom is -0.461 e. The van der Waals surface area contributed by atoms with E-state index in [-0.39, 0.29) is 30.6 Å². The van der Waals surface area contributed by atoms with Gasteiger partial charge < -0.3 is 24.3 Å².